The van der Waals surface area contributed by atoms with Crippen molar-refractivity contribution >= 4 is 0 Å². The minimum atomic E-state index is 0.260. The molecule has 1 rings (SSSR count). The lowest BCUT2D eigenvalue weighted by Gasteiger charge is -2.46. The Morgan fingerprint density at radius 2 is 1.65 bits per heavy atom. The predicted octanol–water partition coefficient (Wildman–Crippen LogP) is 4.57. The van der Waals surface area contributed by atoms with Crippen molar-refractivity contribution in [2.24, 2.45) is 11.7 Å². The molecule has 0 spiro atoms. The maximum atomic E-state index is 6.76. The fourth-order valence-corrected chi connectivity index (χ4v) is 4.18. The largest absolute Gasteiger partial charge is 0.326 e. The van der Waals surface area contributed by atoms with E-state index in [1.165, 1.54) is 70.9 Å². The fourth-order valence-electron chi connectivity index (χ4n) is 4.18. The van der Waals surface area contributed by atoms with Gasteiger partial charge in [-0.2, -0.15) is 0 Å². The van der Waals surface area contributed by atoms with Crippen LogP contribution in [0, 0.1) is 5.92 Å². The van der Waals surface area contributed by atoms with Gasteiger partial charge < -0.3 is 5.73 Å². The minimum absolute atomic E-state index is 0.260. The van der Waals surface area contributed by atoms with E-state index in [1.807, 2.05) is 0 Å². The molecule has 1 aliphatic heterocycles. The molecule has 1 aliphatic rings. The first-order valence-electron chi connectivity index (χ1n) is 9.15. The number of nitrogens with two attached hydrogens (primary N) is 1. The van der Waals surface area contributed by atoms with E-state index in [0.717, 1.165) is 5.92 Å². The first kappa shape index (κ1) is 18.0. The second kappa shape index (κ2) is 9.04. The Hall–Kier alpha value is -0.0800. The quantitative estimate of drug-likeness (QED) is 0.635. The van der Waals surface area contributed by atoms with Crippen LogP contribution in [0.5, 0.6) is 0 Å². The van der Waals surface area contributed by atoms with Gasteiger partial charge in [-0.25, -0.2) is 0 Å². The lowest BCUT2D eigenvalue weighted by Crippen LogP contribution is -2.59. The molecule has 0 aromatic carbocycles. The minimum Gasteiger partial charge on any atom is -0.326 e. The highest BCUT2D eigenvalue weighted by Gasteiger charge is 2.40. The van der Waals surface area contributed by atoms with E-state index in [0.29, 0.717) is 6.04 Å². The summed E-state index contributed by atoms with van der Waals surface area (Å²) < 4.78 is 0. The molecule has 0 aliphatic carbocycles. The fraction of sp³-hybridized carbons (Fsp3) is 1.00. The van der Waals surface area contributed by atoms with E-state index < -0.39 is 0 Å². The van der Waals surface area contributed by atoms with Crippen molar-refractivity contribution in [3.63, 3.8) is 0 Å². The normalized spacial score (nSPS) is 20.2. The predicted molar refractivity (Wildman–Crippen MR) is 90.0 cm³/mol. The average molecular weight is 283 g/mol. The molecule has 1 heterocycles. The van der Waals surface area contributed by atoms with Gasteiger partial charge in [0.25, 0.3) is 0 Å². The number of nitrogens with zero attached hydrogens (tertiary/aromatic N) is 1. The third-order valence-electron chi connectivity index (χ3n) is 5.78. The Bertz CT molecular complexity index is 242. The molecule has 0 aromatic heterocycles. The molecule has 0 bridgehead atoms. The highest BCUT2D eigenvalue weighted by Crippen LogP contribution is 2.34. The van der Waals surface area contributed by atoms with Crippen LogP contribution in [0.3, 0.4) is 0 Å². The first-order valence-corrected chi connectivity index (χ1v) is 9.15. The summed E-state index contributed by atoms with van der Waals surface area (Å²) in [7, 11) is 0. The molecule has 2 N–H and O–H groups in total. The molecule has 1 fully saturated rings. The molecule has 0 amide bonds. The summed E-state index contributed by atoms with van der Waals surface area (Å²) in [4.78, 5) is 2.71. The second-order valence-corrected chi connectivity index (χ2v) is 6.76. The van der Waals surface area contributed by atoms with Crippen LogP contribution in [0.4, 0.5) is 0 Å². The molecule has 0 radical (unpaired) electrons. The summed E-state index contributed by atoms with van der Waals surface area (Å²) in [6.07, 6.45) is 11.7. The van der Waals surface area contributed by atoms with E-state index in [2.05, 4.69) is 32.6 Å². The van der Waals surface area contributed by atoms with Gasteiger partial charge in [0.15, 0.2) is 0 Å². The summed E-state index contributed by atoms with van der Waals surface area (Å²) in [5.41, 5.74) is 7.02. The molecule has 2 unspecified atom stereocenters. The highest BCUT2D eigenvalue weighted by molar-refractivity contribution is 4.99. The van der Waals surface area contributed by atoms with E-state index in [1.54, 1.807) is 0 Å². The van der Waals surface area contributed by atoms with Crippen molar-refractivity contribution < 1.29 is 0 Å². The van der Waals surface area contributed by atoms with Crippen molar-refractivity contribution in [2.75, 3.05) is 13.1 Å². The number of unbranched alkanes of at least 4 members (excludes halogenated alkanes) is 1. The first-order chi connectivity index (χ1) is 9.64. The summed E-state index contributed by atoms with van der Waals surface area (Å²) in [5.74, 6) is 0.824. The van der Waals surface area contributed by atoms with Gasteiger partial charge in [0, 0.05) is 11.6 Å². The molecule has 2 nitrogen and oxygen atoms in total. The van der Waals surface area contributed by atoms with Crippen molar-refractivity contribution in [1.29, 1.82) is 0 Å². The zero-order valence-corrected chi connectivity index (χ0v) is 14.5. The third-order valence-corrected chi connectivity index (χ3v) is 5.78. The second-order valence-electron chi connectivity index (χ2n) is 6.76. The van der Waals surface area contributed by atoms with Crippen molar-refractivity contribution in [3.8, 4) is 0 Å². The Morgan fingerprint density at radius 3 is 2.10 bits per heavy atom. The summed E-state index contributed by atoms with van der Waals surface area (Å²) in [6, 6.07) is 0.345. The van der Waals surface area contributed by atoms with Gasteiger partial charge >= 0.3 is 0 Å². The van der Waals surface area contributed by atoms with E-state index in [9.17, 15) is 0 Å². The van der Waals surface area contributed by atoms with Crippen molar-refractivity contribution in [3.05, 3.63) is 0 Å². The van der Waals surface area contributed by atoms with Crippen LogP contribution in [0.2, 0.25) is 0 Å². The molecule has 2 heteroatoms. The maximum Gasteiger partial charge on any atom is 0.0355 e. The van der Waals surface area contributed by atoms with Crippen LogP contribution in [0.25, 0.3) is 0 Å². The SMILES string of the molecule is CCCCC(CC)CC(N)C(CC)(CC)N1CCCC1. The van der Waals surface area contributed by atoms with Gasteiger partial charge in [0.05, 0.1) is 0 Å². The van der Waals surface area contributed by atoms with Gasteiger partial charge in [-0.1, -0.05) is 53.4 Å². The van der Waals surface area contributed by atoms with Gasteiger partial charge in [0.1, 0.15) is 0 Å². The van der Waals surface area contributed by atoms with Crippen LogP contribution in [0.15, 0.2) is 0 Å². The number of hydrogen-bond donors (Lipinski definition) is 1. The number of hydrogen-bond acceptors (Lipinski definition) is 2. The summed E-state index contributed by atoms with van der Waals surface area (Å²) >= 11 is 0. The van der Waals surface area contributed by atoms with Crippen molar-refractivity contribution in [1.82, 2.24) is 4.90 Å². The monoisotopic (exact) mass is 282 g/mol. The molecule has 0 saturated carbocycles. The Balaban J connectivity index is 2.69. The lowest BCUT2D eigenvalue weighted by atomic mass is 9.77. The van der Waals surface area contributed by atoms with Crippen molar-refractivity contribution in [2.45, 2.75) is 97.1 Å². The molecule has 120 valence electrons. The smallest absolute Gasteiger partial charge is 0.0355 e. The molecule has 20 heavy (non-hydrogen) atoms. The Kier molecular flexibility index (Phi) is 8.13. The highest BCUT2D eigenvalue weighted by atomic mass is 15.2. The van der Waals surface area contributed by atoms with Crippen LogP contribution < -0.4 is 5.73 Å². The number of rotatable bonds is 10. The third kappa shape index (κ3) is 4.21. The number of likely N-dealkylation sites (tertiary alicyclic amines) is 1. The van der Waals surface area contributed by atoms with Gasteiger partial charge in [-0.05, 0) is 51.1 Å². The summed E-state index contributed by atoms with van der Waals surface area (Å²) in [6.45, 7) is 11.8. The molecule has 0 aromatic rings. The van der Waals surface area contributed by atoms with Crippen LogP contribution in [0.1, 0.15) is 85.5 Å². The molecular formula is C18H38N2. The van der Waals surface area contributed by atoms with Crippen LogP contribution in [-0.2, 0) is 0 Å². The van der Waals surface area contributed by atoms with E-state index in [4.69, 9.17) is 5.73 Å². The molecule has 1 saturated heterocycles. The lowest BCUT2D eigenvalue weighted by molar-refractivity contribution is 0.0661. The van der Waals surface area contributed by atoms with Gasteiger partial charge in [-0.3, -0.25) is 4.90 Å². The van der Waals surface area contributed by atoms with E-state index in [-0.39, 0.29) is 5.54 Å². The Morgan fingerprint density at radius 1 is 1.05 bits per heavy atom. The van der Waals surface area contributed by atoms with Gasteiger partial charge in [-0.15, -0.1) is 0 Å². The van der Waals surface area contributed by atoms with E-state index >= 15 is 0 Å². The average Bonchev–Trinajstić information content (AvgIpc) is 3.00. The zero-order chi connectivity index (χ0) is 15.0. The van der Waals surface area contributed by atoms with Crippen LogP contribution >= 0.6 is 0 Å². The Labute approximate surface area is 127 Å². The van der Waals surface area contributed by atoms with Crippen LogP contribution in [-0.4, -0.2) is 29.6 Å². The zero-order valence-electron chi connectivity index (χ0n) is 14.5. The molecule has 2 atom stereocenters. The maximum absolute atomic E-state index is 6.76. The summed E-state index contributed by atoms with van der Waals surface area (Å²) in [5, 5.41) is 0. The topological polar surface area (TPSA) is 29.3 Å². The standard InChI is InChI=1S/C18H38N2/c1-5-9-12-16(6-2)15-17(19)18(7-3,8-4)20-13-10-11-14-20/h16-17H,5-15,19H2,1-4H3. The molecular weight excluding hydrogens is 244 g/mol. The van der Waals surface area contributed by atoms with Gasteiger partial charge in [0.2, 0.25) is 0 Å².